The maximum Gasteiger partial charge on any atom is 0.311 e. The molecule has 1 aromatic rings. The molecule has 1 aromatic carbocycles. The van der Waals surface area contributed by atoms with Crippen molar-refractivity contribution in [3.63, 3.8) is 0 Å². The first-order chi connectivity index (χ1) is 19.8. The standard InChI is InChI=1S/C34H46N2O5S/c1-31(2,3)22-32(4,5)35-19-14-18-34-25(26-30(40)41-20-13-8-7-12-17-33(26,6)42-34)28(38)36(27(34)29(35)39)24(21-37)23-15-10-9-11-16-23/h9-12,14-18,24-27,37H,7-8,13,19-22H2,1-6H3/b17-12-/t24-,25+,26+,27?,33-,34+/m1/s1. The van der Waals surface area contributed by atoms with Crippen LogP contribution < -0.4 is 0 Å². The van der Waals surface area contributed by atoms with Gasteiger partial charge in [-0.3, -0.25) is 14.4 Å². The van der Waals surface area contributed by atoms with Gasteiger partial charge in [-0.25, -0.2) is 0 Å². The molecule has 4 heterocycles. The number of esters is 1. The summed E-state index contributed by atoms with van der Waals surface area (Å²) in [5, 5.41) is 10.8. The van der Waals surface area contributed by atoms with Crippen LogP contribution in [-0.2, 0) is 19.1 Å². The Bertz CT molecular complexity index is 1270. The van der Waals surface area contributed by atoms with Crippen LogP contribution in [0.15, 0.2) is 54.6 Å². The van der Waals surface area contributed by atoms with Crippen molar-refractivity contribution in [2.75, 3.05) is 19.8 Å². The minimum absolute atomic E-state index is 0.0323. The summed E-state index contributed by atoms with van der Waals surface area (Å²) in [7, 11) is 0. The van der Waals surface area contributed by atoms with E-state index < -0.39 is 39.0 Å². The van der Waals surface area contributed by atoms with Crippen molar-refractivity contribution in [2.24, 2.45) is 17.3 Å². The van der Waals surface area contributed by atoms with E-state index in [-0.39, 0.29) is 29.8 Å². The van der Waals surface area contributed by atoms with Crippen molar-refractivity contribution >= 4 is 29.5 Å². The lowest BCUT2D eigenvalue weighted by Crippen LogP contribution is -2.59. The van der Waals surface area contributed by atoms with Crippen molar-refractivity contribution in [1.82, 2.24) is 9.80 Å². The van der Waals surface area contributed by atoms with E-state index in [1.54, 1.807) is 16.7 Å². The Morgan fingerprint density at radius 3 is 2.38 bits per heavy atom. The first-order valence-corrected chi connectivity index (χ1v) is 16.1. The summed E-state index contributed by atoms with van der Waals surface area (Å²) in [6.07, 6.45) is 11.6. The number of allylic oxidation sites excluding steroid dienone is 1. The molecule has 228 valence electrons. The number of thioether (sulfide) groups is 1. The first-order valence-electron chi connectivity index (χ1n) is 15.3. The number of amides is 2. The highest BCUT2D eigenvalue weighted by molar-refractivity contribution is 8.02. The molecule has 0 radical (unpaired) electrons. The third-order valence-corrected chi connectivity index (χ3v) is 11.1. The van der Waals surface area contributed by atoms with Crippen molar-refractivity contribution in [3.8, 4) is 0 Å². The van der Waals surface area contributed by atoms with Gasteiger partial charge in [0.2, 0.25) is 11.8 Å². The van der Waals surface area contributed by atoms with Crippen LogP contribution in [0.4, 0.5) is 0 Å². The Morgan fingerprint density at radius 2 is 1.71 bits per heavy atom. The van der Waals surface area contributed by atoms with E-state index in [9.17, 15) is 14.7 Å². The number of cyclic esters (lactones) is 1. The van der Waals surface area contributed by atoms with Gasteiger partial charge in [0.15, 0.2) is 0 Å². The molecule has 1 spiro atoms. The number of likely N-dealkylation sites (tertiary alicyclic amines) is 1. The number of rotatable bonds is 5. The summed E-state index contributed by atoms with van der Waals surface area (Å²) < 4.78 is 4.06. The maximum absolute atomic E-state index is 15.0. The van der Waals surface area contributed by atoms with Gasteiger partial charge in [-0.05, 0) is 57.4 Å². The lowest BCUT2D eigenvalue weighted by Gasteiger charge is -2.45. The molecule has 2 saturated heterocycles. The van der Waals surface area contributed by atoms with Crippen molar-refractivity contribution in [2.45, 2.75) is 94.3 Å². The van der Waals surface area contributed by atoms with Gasteiger partial charge in [0.05, 0.1) is 35.8 Å². The third kappa shape index (κ3) is 5.23. The molecule has 2 fully saturated rings. The van der Waals surface area contributed by atoms with Gasteiger partial charge in [-0.15, -0.1) is 11.8 Å². The van der Waals surface area contributed by atoms with Crippen LogP contribution in [0.1, 0.15) is 78.8 Å². The normalized spacial score (nSPS) is 33.4. The number of benzene rings is 1. The topological polar surface area (TPSA) is 87.2 Å². The summed E-state index contributed by atoms with van der Waals surface area (Å²) in [4.78, 5) is 47.2. The van der Waals surface area contributed by atoms with E-state index in [1.807, 2.05) is 54.3 Å². The largest absolute Gasteiger partial charge is 0.465 e. The molecule has 8 heteroatoms. The molecule has 0 saturated carbocycles. The third-order valence-electron chi connectivity index (χ3n) is 9.32. The molecule has 0 bridgehead atoms. The number of hydrogen-bond acceptors (Lipinski definition) is 6. The van der Waals surface area contributed by atoms with Crippen molar-refractivity contribution < 1.29 is 24.2 Å². The van der Waals surface area contributed by atoms with E-state index in [0.29, 0.717) is 13.2 Å². The molecule has 1 N–H and O–H groups in total. The molecule has 0 aromatic heterocycles. The van der Waals surface area contributed by atoms with Gasteiger partial charge < -0.3 is 19.6 Å². The van der Waals surface area contributed by atoms with E-state index in [2.05, 4.69) is 46.8 Å². The predicted octanol–water partition coefficient (Wildman–Crippen LogP) is 5.30. The number of carbonyl (C=O) groups excluding carboxylic acids is 3. The molecule has 2 amide bonds. The Kier molecular flexibility index (Phi) is 8.20. The number of ether oxygens (including phenoxy) is 1. The molecule has 5 rings (SSSR count). The van der Waals surface area contributed by atoms with Crippen LogP contribution in [0.3, 0.4) is 0 Å². The van der Waals surface area contributed by atoms with E-state index in [1.165, 1.54) is 0 Å². The lowest BCUT2D eigenvalue weighted by atomic mass is 9.74. The zero-order valence-electron chi connectivity index (χ0n) is 25.8. The van der Waals surface area contributed by atoms with Crippen LogP contribution in [0.2, 0.25) is 0 Å². The van der Waals surface area contributed by atoms with Crippen molar-refractivity contribution in [1.29, 1.82) is 0 Å². The van der Waals surface area contributed by atoms with Gasteiger partial charge in [-0.1, -0.05) is 75.4 Å². The lowest BCUT2D eigenvalue weighted by molar-refractivity contribution is -0.155. The second-order valence-electron chi connectivity index (χ2n) is 14.3. The van der Waals surface area contributed by atoms with E-state index >= 15 is 4.79 Å². The first kappa shape index (κ1) is 30.9. The minimum atomic E-state index is -1.00. The van der Waals surface area contributed by atoms with Crippen molar-refractivity contribution in [3.05, 3.63) is 60.2 Å². The zero-order valence-corrected chi connectivity index (χ0v) is 26.7. The van der Waals surface area contributed by atoms with Crippen LogP contribution >= 0.6 is 11.8 Å². The minimum Gasteiger partial charge on any atom is -0.465 e. The monoisotopic (exact) mass is 594 g/mol. The van der Waals surface area contributed by atoms with E-state index in [0.717, 1.165) is 31.2 Å². The number of hydrogen-bond donors (Lipinski definition) is 1. The Morgan fingerprint density at radius 1 is 1.00 bits per heavy atom. The number of aliphatic hydroxyl groups is 1. The fourth-order valence-electron chi connectivity index (χ4n) is 8.04. The summed E-state index contributed by atoms with van der Waals surface area (Å²) in [6, 6.07) is 7.77. The molecule has 7 nitrogen and oxygen atoms in total. The summed E-state index contributed by atoms with van der Waals surface area (Å²) in [6.45, 7) is 13.1. The molecule has 6 atom stereocenters. The predicted molar refractivity (Wildman–Crippen MR) is 166 cm³/mol. The number of nitrogens with zero attached hydrogens (tertiary/aromatic N) is 2. The number of aliphatic hydroxyl groups excluding tert-OH is 1. The summed E-state index contributed by atoms with van der Waals surface area (Å²) in [5.41, 5.74) is 0.226. The smallest absolute Gasteiger partial charge is 0.311 e. The summed E-state index contributed by atoms with van der Waals surface area (Å²) >= 11 is 1.55. The van der Waals surface area contributed by atoms with Gasteiger partial charge in [-0.2, -0.15) is 0 Å². The Hall–Kier alpha value is -2.58. The highest BCUT2D eigenvalue weighted by Crippen LogP contribution is 2.66. The molecule has 4 aliphatic rings. The highest BCUT2D eigenvalue weighted by Gasteiger charge is 2.74. The fraction of sp³-hybridized carbons (Fsp3) is 0.618. The number of fused-ring (bicyclic) bond motifs is 2. The maximum atomic E-state index is 15.0. The average Bonchev–Trinajstić information content (AvgIpc) is 3.23. The molecular formula is C34H46N2O5S. The van der Waals surface area contributed by atoms with Gasteiger partial charge in [0, 0.05) is 16.8 Å². The second kappa shape index (κ2) is 11.2. The Balaban J connectivity index is 1.69. The van der Waals surface area contributed by atoms with Gasteiger partial charge >= 0.3 is 5.97 Å². The molecular weight excluding hydrogens is 548 g/mol. The van der Waals surface area contributed by atoms with Gasteiger partial charge in [0.25, 0.3) is 0 Å². The van der Waals surface area contributed by atoms with Gasteiger partial charge in [0.1, 0.15) is 6.04 Å². The van der Waals surface area contributed by atoms with Crippen LogP contribution in [0, 0.1) is 17.3 Å². The molecule has 0 aliphatic carbocycles. The molecule has 42 heavy (non-hydrogen) atoms. The van der Waals surface area contributed by atoms with Crippen LogP contribution in [0.25, 0.3) is 0 Å². The quantitative estimate of drug-likeness (QED) is 0.368. The number of carbonyl (C=O) groups is 3. The second-order valence-corrected chi connectivity index (χ2v) is 16.1. The van der Waals surface area contributed by atoms with Crippen LogP contribution in [-0.4, -0.2) is 73.5 Å². The zero-order chi connectivity index (χ0) is 30.5. The summed E-state index contributed by atoms with van der Waals surface area (Å²) in [5.74, 6) is -2.38. The fourth-order valence-corrected chi connectivity index (χ4v) is 10.2. The molecule has 1 unspecified atom stereocenters. The van der Waals surface area contributed by atoms with Crippen LogP contribution in [0.5, 0.6) is 0 Å². The average molecular weight is 595 g/mol. The SMILES string of the molecule is CC(C)(C)CC(C)(C)N1CC=C[C@]23S[C@]4(C)/C=C\CCCCOC(=O)[C@@H]4[C@H]2C(=O)N([C@H](CO)c2ccccc2)C3C1=O. The highest BCUT2D eigenvalue weighted by atomic mass is 32.2. The molecule has 4 aliphatic heterocycles. The Labute approximate surface area is 254 Å². The van der Waals surface area contributed by atoms with E-state index in [4.69, 9.17) is 4.74 Å².